The number of hydrogen-bond donors (Lipinski definition) is 1. The number of nitrogens with one attached hydrogen (secondary N) is 1. The molecular formula is C21H24Cl2N2O3S. The fourth-order valence-electron chi connectivity index (χ4n) is 3.39. The van der Waals surface area contributed by atoms with E-state index < -0.39 is 10.0 Å². The van der Waals surface area contributed by atoms with Gasteiger partial charge in [-0.25, -0.2) is 12.7 Å². The van der Waals surface area contributed by atoms with Crippen LogP contribution in [-0.4, -0.2) is 31.7 Å². The summed E-state index contributed by atoms with van der Waals surface area (Å²) < 4.78 is 26.9. The fourth-order valence-corrected chi connectivity index (χ4v) is 5.26. The summed E-state index contributed by atoms with van der Waals surface area (Å²) in [6, 6.07) is 10.6. The summed E-state index contributed by atoms with van der Waals surface area (Å²) in [6.07, 6.45) is 0.995. The first-order chi connectivity index (χ1) is 13.7. The Balaban J connectivity index is 1.57. The normalized spacial score (nSPS) is 16.0. The summed E-state index contributed by atoms with van der Waals surface area (Å²) in [5.74, 6) is -0.397. The number of amides is 1. The summed E-state index contributed by atoms with van der Waals surface area (Å²) in [4.78, 5) is 12.6. The van der Waals surface area contributed by atoms with Gasteiger partial charge in [0.1, 0.15) is 0 Å². The lowest BCUT2D eigenvalue weighted by molar-refractivity contribution is -0.120. The van der Waals surface area contributed by atoms with Gasteiger partial charge in [0, 0.05) is 24.7 Å². The maximum absolute atomic E-state index is 12.7. The molecule has 2 aromatic rings. The standard InChI is InChI=1S/C21H24Cl2N2O3S/c1-14-3-5-18(11-15(14)2)24-21(26)17-7-9-25(10-8-17)29(27,28)13-16-4-6-19(22)20(23)12-16/h3-6,11-12,17H,7-10,13H2,1-2H3,(H,24,26). The van der Waals surface area contributed by atoms with Gasteiger partial charge in [-0.2, -0.15) is 0 Å². The van der Waals surface area contributed by atoms with Crippen LogP contribution in [-0.2, 0) is 20.6 Å². The van der Waals surface area contributed by atoms with E-state index in [1.807, 2.05) is 32.0 Å². The van der Waals surface area contributed by atoms with E-state index in [1.165, 1.54) is 9.87 Å². The molecule has 1 aliphatic rings. The summed E-state index contributed by atoms with van der Waals surface area (Å²) in [7, 11) is -3.48. The first-order valence-electron chi connectivity index (χ1n) is 9.45. The van der Waals surface area contributed by atoms with Gasteiger partial charge in [0.2, 0.25) is 15.9 Å². The third-order valence-corrected chi connectivity index (χ3v) is 7.91. The number of carbonyl (C=O) groups is 1. The average Bonchev–Trinajstić information content (AvgIpc) is 2.67. The SMILES string of the molecule is Cc1ccc(NC(=O)C2CCN(S(=O)(=O)Cc3ccc(Cl)c(Cl)c3)CC2)cc1C. The van der Waals surface area contributed by atoms with Crippen molar-refractivity contribution in [1.29, 1.82) is 0 Å². The van der Waals surface area contributed by atoms with E-state index in [9.17, 15) is 13.2 Å². The van der Waals surface area contributed by atoms with Crippen LogP contribution >= 0.6 is 23.2 Å². The second kappa shape index (κ2) is 9.04. The van der Waals surface area contributed by atoms with Crippen molar-refractivity contribution in [2.75, 3.05) is 18.4 Å². The van der Waals surface area contributed by atoms with Crippen molar-refractivity contribution in [1.82, 2.24) is 4.31 Å². The van der Waals surface area contributed by atoms with Crippen LogP contribution in [0.5, 0.6) is 0 Å². The van der Waals surface area contributed by atoms with Crippen molar-refractivity contribution in [3.8, 4) is 0 Å². The van der Waals surface area contributed by atoms with Gasteiger partial charge in [0.15, 0.2) is 0 Å². The Morgan fingerprint density at radius 3 is 2.34 bits per heavy atom. The molecule has 0 radical (unpaired) electrons. The molecule has 0 unspecified atom stereocenters. The Morgan fingerprint density at radius 1 is 1.03 bits per heavy atom. The number of rotatable bonds is 5. The van der Waals surface area contributed by atoms with Crippen molar-refractivity contribution < 1.29 is 13.2 Å². The molecule has 1 fully saturated rings. The van der Waals surface area contributed by atoms with Crippen molar-refractivity contribution in [3.63, 3.8) is 0 Å². The highest BCUT2D eigenvalue weighted by molar-refractivity contribution is 7.88. The number of anilines is 1. The van der Waals surface area contributed by atoms with E-state index in [4.69, 9.17) is 23.2 Å². The van der Waals surface area contributed by atoms with Crippen molar-refractivity contribution in [2.45, 2.75) is 32.4 Å². The first-order valence-corrected chi connectivity index (χ1v) is 11.8. The van der Waals surface area contributed by atoms with Crippen LogP contribution in [0.1, 0.15) is 29.5 Å². The number of hydrogen-bond acceptors (Lipinski definition) is 3. The minimum Gasteiger partial charge on any atom is -0.326 e. The van der Waals surface area contributed by atoms with Crippen LogP contribution in [0, 0.1) is 19.8 Å². The van der Waals surface area contributed by atoms with Crippen molar-refractivity contribution in [3.05, 3.63) is 63.1 Å². The summed E-state index contributed by atoms with van der Waals surface area (Å²) in [6.45, 7) is 4.68. The van der Waals surface area contributed by atoms with E-state index in [-0.39, 0.29) is 17.6 Å². The van der Waals surface area contributed by atoms with Gasteiger partial charge in [0.05, 0.1) is 15.8 Å². The van der Waals surface area contributed by atoms with Gasteiger partial charge >= 0.3 is 0 Å². The molecule has 0 spiro atoms. The van der Waals surface area contributed by atoms with Crippen molar-refractivity contribution in [2.24, 2.45) is 5.92 Å². The van der Waals surface area contributed by atoms with Crippen molar-refractivity contribution >= 4 is 44.8 Å². The van der Waals surface area contributed by atoms with Gasteiger partial charge in [-0.3, -0.25) is 4.79 Å². The van der Waals surface area contributed by atoms with Gasteiger partial charge in [0.25, 0.3) is 0 Å². The van der Waals surface area contributed by atoms with E-state index in [1.54, 1.807) is 18.2 Å². The Bertz CT molecular complexity index is 1020. The largest absolute Gasteiger partial charge is 0.326 e. The van der Waals surface area contributed by atoms with Crippen LogP contribution in [0.25, 0.3) is 0 Å². The van der Waals surface area contributed by atoms with Crippen LogP contribution in [0.15, 0.2) is 36.4 Å². The molecule has 8 heteroatoms. The maximum Gasteiger partial charge on any atom is 0.227 e. The summed E-state index contributed by atoms with van der Waals surface area (Å²) in [5.41, 5.74) is 3.65. The van der Waals surface area contributed by atoms with Crippen LogP contribution < -0.4 is 5.32 Å². The zero-order chi connectivity index (χ0) is 21.2. The Kier molecular flexibility index (Phi) is 6.89. The average molecular weight is 455 g/mol. The molecule has 29 heavy (non-hydrogen) atoms. The second-order valence-corrected chi connectivity index (χ2v) is 10.2. The molecule has 0 aliphatic carbocycles. The summed E-state index contributed by atoms with van der Waals surface area (Å²) in [5, 5.41) is 3.68. The Morgan fingerprint density at radius 2 is 1.72 bits per heavy atom. The number of sulfonamides is 1. The zero-order valence-corrected chi connectivity index (χ0v) is 18.7. The molecule has 5 nitrogen and oxygen atoms in total. The molecule has 0 aromatic heterocycles. The monoisotopic (exact) mass is 454 g/mol. The predicted octanol–water partition coefficient (Wildman–Crippen LogP) is 4.79. The number of benzene rings is 2. The van der Waals surface area contributed by atoms with Crippen LogP contribution in [0.3, 0.4) is 0 Å². The van der Waals surface area contributed by atoms with E-state index in [0.29, 0.717) is 41.5 Å². The third-order valence-electron chi connectivity index (χ3n) is 5.33. The molecule has 1 amide bonds. The molecule has 1 aliphatic heterocycles. The second-order valence-electron chi connectivity index (χ2n) is 7.47. The van der Waals surface area contributed by atoms with Gasteiger partial charge in [-0.15, -0.1) is 0 Å². The molecule has 0 bridgehead atoms. The minimum absolute atomic E-state index is 0.0604. The fraction of sp³-hybridized carbons (Fsp3) is 0.381. The number of piperidine rings is 1. The van der Waals surface area contributed by atoms with Crippen LogP contribution in [0.4, 0.5) is 5.69 Å². The maximum atomic E-state index is 12.7. The number of nitrogens with zero attached hydrogens (tertiary/aromatic N) is 1. The van der Waals surface area contributed by atoms with Gasteiger partial charge in [-0.1, -0.05) is 35.3 Å². The molecule has 2 aromatic carbocycles. The van der Waals surface area contributed by atoms with E-state index >= 15 is 0 Å². The topological polar surface area (TPSA) is 66.5 Å². The van der Waals surface area contributed by atoms with Crippen LogP contribution in [0.2, 0.25) is 10.0 Å². The molecule has 3 rings (SSSR count). The number of aryl methyl sites for hydroxylation is 2. The summed E-state index contributed by atoms with van der Waals surface area (Å²) >= 11 is 11.9. The number of carbonyl (C=O) groups excluding carboxylic acids is 1. The molecule has 156 valence electrons. The highest BCUT2D eigenvalue weighted by Crippen LogP contribution is 2.26. The molecule has 1 N–H and O–H groups in total. The van der Waals surface area contributed by atoms with E-state index in [2.05, 4.69) is 5.32 Å². The smallest absolute Gasteiger partial charge is 0.227 e. The molecule has 1 heterocycles. The zero-order valence-electron chi connectivity index (χ0n) is 16.4. The first kappa shape index (κ1) is 22.1. The molecular weight excluding hydrogens is 431 g/mol. The molecule has 0 atom stereocenters. The lowest BCUT2D eigenvalue weighted by Gasteiger charge is -2.30. The Labute approximate surface area is 182 Å². The predicted molar refractivity (Wildman–Crippen MR) is 118 cm³/mol. The lowest BCUT2D eigenvalue weighted by Crippen LogP contribution is -2.41. The van der Waals surface area contributed by atoms with Gasteiger partial charge < -0.3 is 5.32 Å². The van der Waals surface area contributed by atoms with Gasteiger partial charge in [-0.05, 0) is 67.6 Å². The molecule has 0 saturated carbocycles. The third kappa shape index (κ3) is 5.51. The highest BCUT2D eigenvalue weighted by Gasteiger charge is 2.31. The quantitative estimate of drug-likeness (QED) is 0.705. The lowest BCUT2D eigenvalue weighted by atomic mass is 9.97. The number of halogens is 2. The molecule has 1 saturated heterocycles. The minimum atomic E-state index is -3.48. The van der Waals surface area contributed by atoms with E-state index in [0.717, 1.165) is 11.3 Å². The Hall–Kier alpha value is -1.60. The highest BCUT2D eigenvalue weighted by atomic mass is 35.5.